The highest BCUT2D eigenvalue weighted by Crippen LogP contribution is 2.35. The minimum atomic E-state index is 0.0701. The molecule has 2 fully saturated rings. The van der Waals surface area contributed by atoms with E-state index < -0.39 is 0 Å². The lowest BCUT2D eigenvalue weighted by Crippen LogP contribution is -2.56. The van der Waals surface area contributed by atoms with Crippen LogP contribution in [-0.2, 0) is 6.54 Å². The molecule has 136 valence electrons. The Labute approximate surface area is 156 Å². The van der Waals surface area contributed by atoms with Gasteiger partial charge in [-0.3, -0.25) is 9.69 Å². The van der Waals surface area contributed by atoms with E-state index >= 15 is 0 Å². The zero-order valence-electron chi connectivity index (χ0n) is 15.5. The SMILES string of the molecule is Cc1ccc(CN2[C@@H]3CCC[C@H]2CC(NC(=O)c2ccccc2)C3)cc1. The summed E-state index contributed by atoms with van der Waals surface area (Å²) in [6.45, 7) is 3.17. The Morgan fingerprint density at radius 3 is 2.31 bits per heavy atom. The van der Waals surface area contributed by atoms with Gasteiger partial charge in [0, 0.05) is 30.2 Å². The molecule has 2 heterocycles. The fourth-order valence-corrected chi connectivity index (χ4v) is 4.62. The molecule has 0 aliphatic carbocycles. The Hall–Kier alpha value is -2.13. The van der Waals surface area contributed by atoms with Gasteiger partial charge in [0.2, 0.25) is 0 Å². The van der Waals surface area contributed by atoms with Crippen molar-refractivity contribution in [3.05, 3.63) is 71.3 Å². The molecule has 2 aliphatic heterocycles. The third kappa shape index (κ3) is 3.83. The summed E-state index contributed by atoms with van der Waals surface area (Å²) in [6, 6.07) is 20.0. The van der Waals surface area contributed by atoms with Crippen LogP contribution in [0.1, 0.15) is 53.6 Å². The molecule has 4 rings (SSSR count). The summed E-state index contributed by atoms with van der Waals surface area (Å²) in [6.07, 6.45) is 5.96. The van der Waals surface area contributed by atoms with Gasteiger partial charge in [0.15, 0.2) is 0 Å². The van der Waals surface area contributed by atoms with E-state index in [0.717, 1.165) is 24.9 Å². The van der Waals surface area contributed by atoms with Crippen LogP contribution in [0.3, 0.4) is 0 Å². The number of carbonyl (C=O) groups is 1. The minimum Gasteiger partial charge on any atom is -0.349 e. The van der Waals surface area contributed by atoms with Gasteiger partial charge in [0.1, 0.15) is 0 Å². The highest BCUT2D eigenvalue weighted by molar-refractivity contribution is 5.94. The lowest BCUT2D eigenvalue weighted by Gasteiger charge is -2.49. The van der Waals surface area contributed by atoms with E-state index in [-0.39, 0.29) is 5.91 Å². The molecule has 1 unspecified atom stereocenters. The molecular weight excluding hydrogens is 320 g/mol. The largest absolute Gasteiger partial charge is 0.349 e. The molecule has 2 aromatic carbocycles. The van der Waals surface area contributed by atoms with Crippen molar-refractivity contribution in [3.8, 4) is 0 Å². The van der Waals surface area contributed by atoms with Gasteiger partial charge in [0.25, 0.3) is 5.91 Å². The summed E-state index contributed by atoms with van der Waals surface area (Å²) >= 11 is 0. The Bertz CT molecular complexity index is 727. The van der Waals surface area contributed by atoms with Crippen molar-refractivity contribution in [2.45, 2.75) is 63.7 Å². The van der Waals surface area contributed by atoms with E-state index in [1.165, 1.54) is 30.4 Å². The maximum Gasteiger partial charge on any atom is 0.251 e. The number of nitrogens with zero attached hydrogens (tertiary/aromatic N) is 1. The van der Waals surface area contributed by atoms with E-state index in [0.29, 0.717) is 18.1 Å². The van der Waals surface area contributed by atoms with Gasteiger partial charge in [-0.15, -0.1) is 0 Å². The van der Waals surface area contributed by atoms with Crippen molar-refractivity contribution in [1.29, 1.82) is 0 Å². The number of aryl methyl sites for hydroxylation is 1. The van der Waals surface area contributed by atoms with E-state index in [2.05, 4.69) is 41.4 Å². The number of hydrogen-bond donors (Lipinski definition) is 1. The van der Waals surface area contributed by atoms with Crippen LogP contribution in [0.5, 0.6) is 0 Å². The Kier molecular flexibility index (Phi) is 5.07. The van der Waals surface area contributed by atoms with Crippen LogP contribution in [0, 0.1) is 6.92 Å². The molecule has 0 radical (unpaired) electrons. The number of fused-ring (bicyclic) bond motifs is 2. The van der Waals surface area contributed by atoms with Crippen LogP contribution < -0.4 is 5.32 Å². The first kappa shape index (κ1) is 17.3. The van der Waals surface area contributed by atoms with Gasteiger partial charge >= 0.3 is 0 Å². The second kappa shape index (κ2) is 7.63. The number of carbonyl (C=O) groups excluding carboxylic acids is 1. The van der Waals surface area contributed by atoms with Gasteiger partial charge in [-0.05, 0) is 50.3 Å². The maximum absolute atomic E-state index is 12.5. The first-order valence-corrected chi connectivity index (χ1v) is 9.86. The summed E-state index contributed by atoms with van der Waals surface area (Å²) in [4.78, 5) is 15.2. The van der Waals surface area contributed by atoms with Crippen LogP contribution >= 0.6 is 0 Å². The molecule has 26 heavy (non-hydrogen) atoms. The topological polar surface area (TPSA) is 32.3 Å². The molecule has 2 bridgehead atoms. The second-order valence-electron chi connectivity index (χ2n) is 7.90. The van der Waals surface area contributed by atoms with Gasteiger partial charge < -0.3 is 5.32 Å². The van der Waals surface area contributed by atoms with Gasteiger partial charge in [-0.25, -0.2) is 0 Å². The number of hydrogen-bond acceptors (Lipinski definition) is 2. The van der Waals surface area contributed by atoms with E-state index in [1.807, 2.05) is 30.3 Å². The molecule has 2 aromatic rings. The van der Waals surface area contributed by atoms with Crippen molar-refractivity contribution in [2.24, 2.45) is 0 Å². The third-order valence-electron chi connectivity index (χ3n) is 5.98. The van der Waals surface area contributed by atoms with Crippen molar-refractivity contribution < 1.29 is 4.79 Å². The zero-order valence-corrected chi connectivity index (χ0v) is 15.5. The van der Waals surface area contributed by atoms with Crippen molar-refractivity contribution >= 4 is 5.91 Å². The third-order valence-corrected chi connectivity index (χ3v) is 5.98. The fraction of sp³-hybridized carbons (Fsp3) is 0.435. The quantitative estimate of drug-likeness (QED) is 0.893. The highest BCUT2D eigenvalue weighted by Gasteiger charge is 2.38. The maximum atomic E-state index is 12.5. The summed E-state index contributed by atoms with van der Waals surface area (Å²) in [5, 5.41) is 3.29. The van der Waals surface area contributed by atoms with Gasteiger partial charge in [0.05, 0.1) is 0 Å². The lowest BCUT2D eigenvalue weighted by atomic mass is 9.81. The minimum absolute atomic E-state index is 0.0701. The van der Waals surface area contributed by atoms with Crippen molar-refractivity contribution in [2.75, 3.05) is 0 Å². The molecule has 3 heteroatoms. The Morgan fingerprint density at radius 1 is 1.00 bits per heavy atom. The molecule has 3 atom stereocenters. The first-order chi connectivity index (χ1) is 12.7. The van der Waals surface area contributed by atoms with Crippen LogP contribution in [0.15, 0.2) is 54.6 Å². The van der Waals surface area contributed by atoms with Crippen molar-refractivity contribution in [1.82, 2.24) is 10.2 Å². The fourth-order valence-electron chi connectivity index (χ4n) is 4.62. The standard InChI is InChI=1S/C23H28N2O/c1-17-10-12-18(13-11-17)16-25-21-8-5-9-22(25)15-20(14-21)24-23(26)19-6-3-2-4-7-19/h2-4,6-7,10-13,20-22H,5,8-9,14-16H2,1H3,(H,24,26)/t20?,21-,22+. The smallest absolute Gasteiger partial charge is 0.251 e. The normalized spacial score (nSPS) is 25.7. The molecule has 2 aliphatic rings. The molecule has 1 amide bonds. The highest BCUT2D eigenvalue weighted by atomic mass is 16.1. The lowest BCUT2D eigenvalue weighted by molar-refractivity contribution is 0.0177. The number of benzene rings is 2. The van der Waals surface area contributed by atoms with Crippen molar-refractivity contribution in [3.63, 3.8) is 0 Å². The summed E-state index contributed by atoms with van der Waals surface area (Å²) in [5.41, 5.74) is 3.48. The Morgan fingerprint density at radius 2 is 1.65 bits per heavy atom. The molecule has 0 spiro atoms. The van der Waals surface area contributed by atoms with Crippen LogP contribution in [-0.4, -0.2) is 28.9 Å². The molecule has 2 saturated heterocycles. The Balaban J connectivity index is 1.41. The number of piperidine rings is 2. The molecule has 0 saturated carbocycles. The number of rotatable bonds is 4. The zero-order chi connectivity index (χ0) is 17.9. The average Bonchev–Trinajstić information content (AvgIpc) is 2.65. The van der Waals surface area contributed by atoms with Gasteiger partial charge in [-0.2, -0.15) is 0 Å². The first-order valence-electron chi connectivity index (χ1n) is 9.86. The number of amides is 1. The summed E-state index contributed by atoms with van der Waals surface area (Å²) in [5.74, 6) is 0.0701. The monoisotopic (exact) mass is 348 g/mol. The van der Waals surface area contributed by atoms with E-state index in [9.17, 15) is 4.79 Å². The average molecular weight is 348 g/mol. The molecule has 3 nitrogen and oxygen atoms in total. The van der Waals surface area contributed by atoms with Crippen LogP contribution in [0.4, 0.5) is 0 Å². The van der Waals surface area contributed by atoms with E-state index in [1.54, 1.807) is 0 Å². The predicted octanol–water partition coefficient (Wildman–Crippen LogP) is 4.31. The van der Waals surface area contributed by atoms with Gasteiger partial charge in [-0.1, -0.05) is 54.4 Å². The van der Waals surface area contributed by atoms with Crippen LogP contribution in [0.2, 0.25) is 0 Å². The second-order valence-corrected chi connectivity index (χ2v) is 7.90. The van der Waals surface area contributed by atoms with Crippen LogP contribution in [0.25, 0.3) is 0 Å². The molecule has 0 aromatic heterocycles. The van der Waals surface area contributed by atoms with E-state index in [4.69, 9.17) is 0 Å². The predicted molar refractivity (Wildman–Crippen MR) is 105 cm³/mol. The molecular formula is C23H28N2O. The summed E-state index contributed by atoms with van der Waals surface area (Å²) < 4.78 is 0. The summed E-state index contributed by atoms with van der Waals surface area (Å²) in [7, 11) is 0. The number of nitrogens with one attached hydrogen (secondary N) is 1. The molecule has 1 N–H and O–H groups in total.